The first kappa shape index (κ1) is 13.0. The zero-order chi connectivity index (χ0) is 12.4. The Morgan fingerprint density at radius 2 is 2.00 bits per heavy atom. The number of halogens is 2. The molecule has 2 aromatic rings. The molecule has 17 heavy (non-hydrogen) atoms. The smallest absolute Gasteiger partial charge is 0.169 e. The van der Waals surface area contributed by atoms with E-state index in [-0.39, 0.29) is 5.78 Å². The van der Waals surface area contributed by atoms with Crippen LogP contribution in [0.1, 0.15) is 20.8 Å². The summed E-state index contributed by atoms with van der Waals surface area (Å²) >= 11 is 8.48. The second kappa shape index (κ2) is 5.46. The maximum atomic E-state index is 12.2. The van der Waals surface area contributed by atoms with Gasteiger partial charge in [-0.25, -0.2) is 0 Å². The molecule has 0 aliphatic heterocycles. The maximum absolute atomic E-state index is 12.2. The first-order valence-corrected chi connectivity index (χ1v) is 7.55. The fourth-order valence-electron chi connectivity index (χ4n) is 1.54. The van der Waals surface area contributed by atoms with Crippen LogP contribution in [0.25, 0.3) is 0 Å². The van der Waals surface area contributed by atoms with Crippen LogP contribution in [0.15, 0.2) is 38.6 Å². The Kier molecular flexibility index (Phi) is 4.17. The Bertz CT molecular complexity index is 560. The minimum atomic E-state index is 0.139. The predicted octanol–water partition coefficient (Wildman–Crippen LogP) is 5.01. The van der Waals surface area contributed by atoms with Crippen molar-refractivity contribution in [2.24, 2.45) is 0 Å². The van der Waals surface area contributed by atoms with Crippen molar-refractivity contribution < 1.29 is 4.79 Å². The Morgan fingerprint density at radius 1 is 1.24 bits per heavy atom. The number of carbonyl (C=O) groups is 1. The third kappa shape index (κ3) is 3.06. The zero-order valence-electron chi connectivity index (χ0n) is 9.17. The standard InChI is InChI=1S/C13H10Br2OS/c1-8-2-3-9(11(15)6-8)12(16)7-13-10(14)4-5-17-13/h2-6H,7H2,1H3. The van der Waals surface area contributed by atoms with Gasteiger partial charge in [0.15, 0.2) is 5.78 Å². The molecule has 0 aliphatic carbocycles. The normalized spacial score (nSPS) is 10.5. The molecule has 1 nitrogen and oxygen atoms in total. The number of carbonyl (C=O) groups excluding carboxylic acids is 1. The van der Waals surface area contributed by atoms with Crippen molar-refractivity contribution in [2.45, 2.75) is 13.3 Å². The van der Waals surface area contributed by atoms with E-state index >= 15 is 0 Å². The highest BCUT2D eigenvalue weighted by Gasteiger charge is 2.13. The SMILES string of the molecule is Cc1ccc(C(=O)Cc2sccc2Br)c(Br)c1. The molecule has 1 heterocycles. The van der Waals surface area contributed by atoms with Crippen LogP contribution < -0.4 is 0 Å². The van der Waals surface area contributed by atoms with Gasteiger partial charge in [0, 0.05) is 25.8 Å². The molecule has 2 rings (SSSR count). The number of Topliss-reactive ketones (excluding diaryl/α,β-unsaturated/α-hetero) is 1. The summed E-state index contributed by atoms with van der Waals surface area (Å²) in [5.41, 5.74) is 1.89. The molecule has 0 fully saturated rings. The highest BCUT2D eigenvalue weighted by molar-refractivity contribution is 9.10. The van der Waals surface area contributed by atoms with Crippen molar-refractivity contribution in [1.82, 2.24) is 0 Å². The predicted molar refractivity (Wildman–Crippen MR) is 78.9 cm³/mol. The van der Waals surface area contributed by atoms with Crippen LogP contribution in [0.5, 0.6) is 0 Å². The lowest BCUT2D eigenvalue weighted by Gasteiger charge is -2.04. The Balaban J connectivity index is 2.23. The lowest BCUT2D eigenvalue weighted by molar-refractivity contribution is 0.0993. The van der Waals surface area contributed by atoms with Gasteiger partial charge in [0.1, 0.15) is 0 Å². The summed E-state index contributed by atoms with van der Waals surface area (Å²) in [7, 11) is 0. The van der Waals surface area contributed by atoms with E-state index in [1.165, 1.54) is 0 Å². The third-order valence-corrected chi connectivity index (χ3v) is 5.02. The number of thiophene rings is 1. The summed E-state index contributed by atoms with van der Waals surface area (Å²) in [4.78, 5) is 13.2. The summed E-state index contributed by atoms with van der Waals surface area (Å²) < 4.78 is 1.88. The molecule has 4 heteroatoms. The largest absolute Gasteiger partial charge is 0.294 e. The lowest BCUT2D eigenvalue weighted by atomic mass is 10.1. The molecule has 0 amide bonds. The van der Waals surface area contributed by atoms with E-state index in [4.69, 9.17) is 0 Å². The van der Waals surface area contributed by atoms with Crippen LogP contribution in [0.4, 0.5) is 0 Å². The average Bonchev–Trinajstić information content (AvgIpc) is 2.64. The highest BCUT2D eigenvalue weighted by atomic mass is 79.9. The van der Waals surface area contributed by atoms with Crippen LogP contribution in [-0.2, 0) is 6.42 Å². The van der Waals surface area contributed by atoms with E-state index in [1.807, 2.05) is 36.6 Å². The molecule has 0 aliphatic rings. The molecule has 0 spiro atoms. The number of ketones is 1. The van der Waals surface area contributed by atoms with Gasteiger partial charge in [-0.1, -0.05) is 22.0 Å². The molecular formula is C13H10Br2OS. The van der Waals surface area contributed by atoms with Crippen molar-refractivity contribution in [1.29, 1.82) is 0 Å². The summed E-state index contributed by atoms with van der Waals surface area (Å²) in [5, 5.41) is 1.98. The van der Waals surface area contributed by atoms with Gasteiger partial charge in [-0.15, -0.1) is 11.3 Å². The monoisotopic (exact) mass is 372 g/mol. The quantitative estimate of drug-likeness (QED) is 0.691. The second-order valence-corrected chi connectivity index (χ2v) is 6.48. The molecule has 0 radical (unpaired) electrons. The van der Waals surface area contributed by atoms with Crippen LogP contribution in [0.2, 0.25) is 0 Å². The molecule has 0 saturated carbocycles. The summed E-state index contributed by atoms with van der Waals surface area (Å²) in [5.74, 6) is 0.139. The van der Waals surface area contributed by atoms with Gasteiger partial charge >= 0.3 is 0 Å². The van der Waals surface area contributed by atoms with Crippen LogP contribution in [-0.4, -0.2) is 5.78 Å². The number of benzene rings is 1. The van der Waals surface area contributed by atoms with E-state index in [1.54, 1.807) is 11.3 Å². The Labute approximate surface area is 121 Å². The Morgan fingerprint density at radius 3 is 2.59 bits per heavy atom. The molecule has 1 aromatic carbocycles. The maximum Gasteiger partial charge on any atom is 0.169 e. The zero-order valence-corrected chi connectivity index (χ0v) is 13.2. The van der Waals surface area contributed by atoms with Gasteiger partial charge in [0.25, 0.3) is 0 Å². The molecule has 0 unspecified atom stereocenters. The molecule has 0 saturated heterocycles. The van der Waals surface area contributed by atoms with Crippen LogP contribution >= 0.6 is 43.2 Å². The van der Waals surface area contributed by atoms with Gasteiger partial charge in [-0.2, -0.15) is 0 Å². The lowest BCUT2D eigenvalue weighted by Crippen LogP contribution is -2.03. The number of hydrogen-bond donors (Lipinski definition) is 0. The average molecular weight is 374 g/mol. The third-order valence-electron chi connectivity index (χ3n) is 2.44. The molecule has 88 valence electrons. The summed E-state index contributed by atoms with van der Waals surface area (Å²) in [6.07, 6.45) is 0.444. The number of rotatable bonds is 3. The second-order valence-electron chi connectivity index (χ2n) is 3.77. The van der Waals surface area contributed by atoms with Gasteiger partial charge in [0.2, 0.25) is 0 Å². The summed E-state index contributed by atoms with van der Waals surface area (Å²) in [6.45, 7) is 2.01. The topological polar surface area (TPSA) is 17.1 Å². The van der Waals surface area contributed by atoms with Gasteiger partial charge in [-0.3, -0.25) is 4.79 Å². The van der Waals surface area contributed by atoms with Crippen LogP contribution in [0.3, 0.4) is 0 Å². The van der Waals surface area contributed by atoms with Gasteiger partial charge in [0.05, 0.1) is 0 Å². The fraction of sp³-hybridized carbons (Fsp3) is 0.154. The molecule has 0 N–H and O–H groups in total. The van der Waals surface area contributed by atoms with Crippen molar-refractivity contribution in [3.63, 3.8) is 0 Å². The minimum absolute atomic E-state index is 0.139. The fourth-order valence-corrected chi connectivity index (χ4v) is 3.74. The minimum Gasteiger partial charge on any atom is -0.294 e. The molecule has 0 bridgehead atoms. The molecular weight excluding hydrogens is 364 g/mol. The highest BCUT2D eigenvalue weighted by Crippen LogP contribution is 2.26. The van der Waals surface area contributed by atoms with Gasteiger partial charge in [-0.05, 0) is 52.0 Å². The number of aryl methyl sites for hydroxylation is 1. The van der Waals surface area contributed by atoms with E-state index < -0.39 is 0 Å². The van der Waals surface area contributed by atoms with E-state index in [0.29, 0.717) is 6.42 Å². The van der Waals surface area contributed by atoms with Gasteiger partial charge < -0.3 is 0 Å². The first-order chi connectivity index (χ1) is 8.08. The molecule has 1 aromatic heterocycles. The number of hydrogen-bond acceptors (Lipinski definition) is 2. The summed E-state index contributed by atoms with van der Waals surface area (Å²) in [6, 6.07) is 7.78. The van der Waals surface area contributed by atoms with Crippen LogP contribution in [0, 0.1) is 6.92 Å². The van der Waals surface area contributed by atoms with E-state index in [0.717, 1.165) is 24.9 Å². The van der Waals surface area contributed by atoms with Crippen molar-refractivity contribution in [3.8, 4) is 0 Å². The van der Waals surface area contributed by atoms with Crippen molar-refractivity contribution in [2.75, 3.05) is 0 Å². The van der Waals surface area contributed by atoms with Crippen molar-refractivity contribution >= 4 is 49.0 Å². The first-order valence-electron chi connectivity index (χ1n) is 5.09. The van der Waals surface area contributed by atoms with Crippen molar-refractivity contribution in [3.05, 3.63) is 54.6 Å². The molecule has 0 atom stereocenters. The van der Waals surface area contributed by atoms with E-state index in [2.05, 4.69) is 31.9 Å². The van der Waals surface area contributed by atoms with E-state index in [9.17, 15) is 4.79 Å². The Hall–Kier alpha value is -0.450.